The molecule has 122 valence electrons. The number of aromatic nitrogens is 1. The van der Waals surface area contributed by atoms with Gasteiger partial charge in [-0.15, -0.1) is 0 Å². The Balaban J connectivity index is 0.000000690. The molecule has 4 nitrogen and oxygen atoms in total. The van der Waals surface area contributed by atoms with Crippen LogP contribution in [0, 0.1) is 6.92 Å². The van der Waals surface area contributed by atoms with Crippen molar-refractivity contribution in [3.63, 3.8) is 0 Å². The van der Waals surface area contributed by atoms with Gasteiger partial charge in [0.15, 0.2) is 12.4 Å². The average molecular weight is 316 g/mol. The van der Waals surface area contributed by atoms with Gasteiger partial charge in [0.2, 0.25) is 0 Å². The summed E-state index contributed by atoms with van der Waals surface area (Å²) >= 11 is 0. The molecule has 0 radical (unpaired) electrons. The normalized spacial score (nSPS) is 10.9. The zero-order valence-corrected chi connectivity index (χ0v) is 14.4. The molecule has 1 aromatic heterocycles. The molecule has 0 fully saturated rings. The maximum atomic E-state index is 9.19. The Hall–Kier alpha value is -0.940. The first-order chi connectivity index (χ1) is 9.83. The predicted octanol–water partition coefficient (Wildman–Crippen LogP) is 3.54. The lowest BCUT2D eigenvalue weighted by atomic mass is 10.1. The summed E-state index contributed by atoms with van der Waals surface area (Å²) in [6.45, 7) is 5.58. The molecule has 0 aromatic carbocycles. The largest absolute Gasteiger partial charge is 0.286 e. The summed E-state index contributed by atoms with van der Waals surface area (Å²) in [6.07, 6.45) is 14.8. The van der Waals surface area contributed by atoms with E-state index < -0.39 is 10.1 Å². The summed E-state index contributed by atoms with van der Waals surface area (Å²) in [6, 6.07) is 4.36. The third kappa shape index (κ3) is 17.0. The van der Waals surface area contributed by atoms with Crippen LogP contribution in [0.4, 0.5) is 0 Å². The van der Waals surface area contributed by atoms with Crippen LogP contribution in [-0.4, -0.2) is 19.2 Å². The summed E-state index contributed by atoms with van der Waals surface area (Å²) in [7, 11) is -3.67. The Kier molecular flexibility index (Phi) is 11.2. The van der Waals surface area contributed by atoms with Crippen LogP contribution in [0.5, 0.6) is 0 Å². The van der Waals surface area contributed by atoms with Crippen molar-refractivity contribution in [2.75, 3.05) is 6.26 Å². The average Bonchev–Trinajstić information content (AvgIpc) is 2.38. The van der Waals surface area contributed by atoms with E-state index in [-0.39, 0.29) is 0 Å². The van der Waals surface area contributed by atoms with Crippen LogP contribution in [0.2, 0.25) is 0 Å². The number of hydrogen-bond donors (Lipinski definition) is 1. The molecular formula is C16H30NO3S+. The van der Waals surface area contributed by atoms with Gasteiger partial charge < -0.3 is 0 Å². The van der Waals surface area contributed by atoms with Crippen molar-refractivity contribution >= 4 is 10.1 Å². The van der Waals surface area contributed by atoms with Gasteiger partial charge in [-0.3, -0.25) is 4.55 Å². The maximum absolute atomic E-state index is 9.19. The standard InChI is InChI=1S/C15H26N.CH4O3S/c1-3-4-5-6-7-8-9-12-16-13-10-15(2)11-14-16;1-5(2,3)4/h10-11,13-14H,3-9,12H2,1-2H3;1H3,(H,2,3,4)/q+1;. The number of aryl methyl sites for hydroxylation is 2. The highest BCUT2D eigenvalue weighted by molar-refractivity contribution is 7.85. The Morgan fingerprint density at radius 1 is 1.00 bits per heavy atom. The van der Waals surface area contributed by atoms with Gasteiger partial charge in [0.25, 0.3) is 10.1 Å². The second-order valence-corrected chi connectivity index (χ2v) is 6.93. The first-order valence-corrected chi connectivity index (χ1v) is 9.56. The fourth-order valence-electron chi connectivity index (χ4n) is 1.93. The molecule has 5 heteroatoms. The van der Waals surface area contributed by atoms with Gasteiger partial charge in [0.05, 0.1) is 6.26 Å². The van der Waals surface area contributed by atoms with Crippen LogP contribution >= 0.6 is 0 Å². The van der Waals surface area contributed by atoms with Crippen LogP contribution in [0.15, 0.2) is 24.5 Å². The highest BCUT2D eigenvalue weighted by Gasteiger charge is 1.98. The van der Waals surface area contributed by atoms with Gasteiger partial charge in [-0.2, -0.15) is 8.42 Å². The van der Waals surface area contributed by atoms with Crippen molar-refractivity contribution in [3.05, 3.63) is 30.1 Å². The van der Waals surface area contributed by atoms with Crippen LogP contribution in [-0.2, 0) is 16.7 Å². The van der Waals surface area contributed by atoms with Gasteiger partial charge >= 0.3 is 0 Å². The number of hydrogen-bond acceptors (Lipinski definition) is 2. The molecule has 1 N–H and O–H groups in total. The van der Waals surface area contributed by atoms with Gasteiger partial charge in [-0.05, 0) is 18.9 Å². The molecule has 0 aliphatic carbocycles. The number of unbranched alkanes of at least 4 members (excludes halogenated alkanes) is 6. The van der Waals surface area contributed by atoms with E-state index in [0.29, 0.717) is 6.26 Å². The fourth-order valence-corrected chi connectivity index (χ4v) is 1.93. The molecule has 0 bridgehead atoms. The van der Waals surface area contributed by atoms with Crippen LogP contribution < -0.4 is 4.57 Å². The number of nitrogens with zero attached hydrogens (tertiary/aromatic N) is 1. The van der Waals surface area contributed by atoms with Crippen LogP contribution in [0.3, 0.4) is 0 Å². The maximum Gasteiger partial charge on any atom is 0.261 e. The first-order valence-electron chi connectivity index (χ1n) is 7.71. The van der Waals surface area contributed by atoms with Crippen molar-refractivity contribution in [2.24, 2.45) is 0 Å². The molecule has 1 aromatic rings. The summed E-state index contributed by atoms with van der Waals surface area (Å²) in [5, 5.41) is 0. The second kappa shape index (κ2) is 11.7. The smallest absolute Gasteiger partial charge is 0.261 e. The molecule has 0 saturated heterocycles. The van der Waals surface area contributed by atoms with Crippen molar-refractivity contribution in [3.8, 4) is 0 Å². The van der Waals surface area contributed by atoms with Gasteiger partial charge in [0.1, 0.15) is 6.54 Å². The summed E-state index contributed by atoms with van der Waals surface area (Å²) in [5.41, 5.74) is 1.34. The van der Waals surface area contributed by atoms with E-state index in [9.17, 15) is 8.42 Å². The van der Waals surface area contributed by atoms with Gasteiger partial charge in [0, 0.05) is 18.6 Å². The molecule has 21 heavy (non-hydrogen) atoms. The topological polar surface area (TPSA) is 58.2 Å². The van der Waals surface area contributed by atoms with E-state index in [0.717, 1.165) is 0 Å². The quantitative estimate of drug-likeness (QED) is 0.453. The Morgan fingerprint density at radius 3 is 1.90 bits per heavy atom. The van der Waals surface area contributed by atoms with E-state index in [4.69, 9.17) is 4.55 Å². The van der Waals surface area contributed by atoms with Gasteiger partial charge in [-0.25, -0.2) is 4.57 Å². The van der Waals surface area contributed by atoms with Crippen LogP contribution in [0.25, 0.3) is 0 Å². The lowest BCUT2D eigenvalue weighted by Crippen LogP contribution is -2.32. The summed E-state index contributed by atoms with van der Waals surface area (Å²) in [4.78, 5) is 0. The molecule has 0 atom stereocenters. The van der Waals surface area contributed by atoms with E-state index in [1.807, 2.05) is 0 Å². The zero-order chi connectivity index (χ0) is 16.1. The molecule has 1 heterocycles. The molecule has 0 spiro atoms. The second-order valence-electron chi connectivity index (χ2n) is 5.47. The highest BCUT2D eigenvalue weighted by atomic mass is 32.2. The van der Waals surface area contributed by atoms with Gasteiger partial charge in [-0.1, -0.05) is 39.0 Å². The zero-order valence-electron chi connectivity index (χ0n) is 13.6. The minimum absolute atomic E-state index is 0.715. The lowest BCUT2D eigenvalue weighted by molar-refractivity contribution is -0.697. The number of pyridine rings is 1. The van der Waals surface area contributed by atoms with Crippen LogP contribution in [0.1, 0.15) is 57.4 Å². The summed E-state index contributed by atoms with van der Waals surface area (Å²) in [5.74, 6) is 0. The predicted molar refractivity (Wildman–Crippen MR) is 86.8 cm³/mol. The Morgan fingerprint density at radius 2 is 1.43 bits per heavy atom. The first kappa shape index (κ1) is 20.1. The monoisotopic (exact) mass is 316 g/mol. The fraction of sp³-hybridized carbons (Fsp3) is 0.688. The molecule has 0 unspecified atom stereocenters. The molecule has 0 saturated carbocycles. The van der Waals surface area contributed by atoms with Crippen molar-refractivity contribution in [2.45, 2.75) is 65.3 Å². The highest BCUT2D eigenvalue weighted by Crippen LogP contribution is 2.06. The number of rotatable bonds is 8. The van der Waals surface area contributed by atoms with E-state index in [1.165, 1.54) is 57.1 Å². The molecule has 0 aliphatic rings. The molecule has 0 aliphatic heterocycles. The van der Waals surface area contributed by atoms with E-state index in [2.05, 4.69) is 42.9 Å². The molecule has 1 rings (SSSR count). The minimum atomic E-state index is -3.67. The molecule has 0 amide bonds. The SMILES string of the molecule is CCCCCCCCC[n+]1ccc(C)cc1.CS(=O)(=O)O. The Labute approximate surface area is 130 Å². The van der Waals surface area contributed by atoms with Crippen molar-refractivity contribution < 1.29 is 17.5 Å². The third-order valence-corrected chi connectivity index (χ3v) is 3.08. The third-order valence-electron chi connectivity index (χ3n) is 3.08. The lowest BCUT2D eigenvalue weighted by Gasteiger charge is -1.99. The minimum Gasteiger partial charge on any atom is -0.286 e. The Bertz CT molecular complexity index is 447. The van der Waals surface area contributed by atoms with Crippen molar-refractivity contribution in [1.82, 2.24) is 0 Å². The van der Waals surface area contributed by atoms with Crippen molar-refractivity contribution in [1.29, 1.82) is 0 Å². The molecular weight excluding hydrogens is 286 g/mol. The summed E-state index contributed by atoms with van der Waals surface area (Å²) < 4.78 is 28.2. The van der Waals surface area contributed by atoms with E-state index in [1.54, 1.807) is 0 Å². The van der Waals surface area contributed by atoms with E-state index >= 15 is 0 Å².